The Hall–Kier alpha value is -4.17. The molecular weight excluding hydrogens is 593 g/mol. The van der Waals surface area contributed by atoms with E-state index < -0.39 is 35.3 Å². The number of amides is 1. The number of carbonyl (C=O) groups is 1. The minimum atomic E-state index is -1.08. The van der Waals surface area contributed by atoms with Gasteiger partial charge in [0.2, 0.25) is 0 Å². The van der Waals surface area contributed by atoms with Crippen LogP contribution in [0.15, 0.2) is 42.7 Å². The number of piperazine rings is 1. The van der Waals surface area contributed by atoms with Crippen molar-refractivity contribution >= 4 is 22.6 Å². The second kappa shape index (κ2) is 11.0. The largest absolute Gasteiger partial charge is 0.461 e. The Balaban J connectivity index is 1.20. The number of hydrogen-bond donors (Lipinski definition) is 0. The summed E-state index contributed by atoms with van der Waals surface area (Å²) in [7, 11) is 0. The first-order valence-corrected chi connectivity index (χ1v) is 16.2. The van der Waals surface area contributed by atoms with Crippen molar-refractivity contribution in [1.82, 2.24) is 19.8 Å². The van der Waals surface area contributed by atoms with Gasteiger partial charge >= 0.3 is 6.01 Å². The van der Waals surface area contributed by atoms with Gasteiger partial charge in [0, 0.05) is 43.5 Å². The zero-order valence-corrected chi connectivity index (χ0v) is 25.5. The summed E-state index contributed by atoms with van der Waals surface area (Å²) in [6.07, 6.45) is 3.35. The van der Waals surface area contributed by atoms with E-state index in [0.717, 1.165) is 37.8 Å². The molecule has 11 heteroatoms. The van der Waals surface area contributed by atoms with Crippen molar-refractivity contribution in [3.63, 3.8) is 0 Å². The van der Waals surface area contributed by atoms with Gasteiger partial charge in [0.1, 0.15) is 24.1 Å². The number of anilines is 1. The van der Waals surface area contributed by atoms with Gasteiger partial charge in [0.05, 0.1) is 24.1 Å². The number of nitriles is 1. The molecule has 4 heterocycles. The molecule has 1 saturated carbocycles. The first-order valence-electron chi connectivity index (χ1n) is 16.2. The van der Waals surface area contributed by atoms with Crippen molar-refractivity contribution in [3.05, 3.63) is 59.7 Å². The maximum atomic E-state index is 16.8. The molecule has 0 bridgehead atoms. The molecule has 0 radical (unpaired) electrons. The molecule has 4 fully saturated rings. The van der Waals surface area contributed by atoms with E-state index in [0.29, 0.717) is 41.6 Å². The van der Waals surface area contributed by atoms with Crippen molar-refractivity contribution in [1.29, 1.82) is 5.26 Å². The Morgan fingerprint density at radius 3 is 2.85 bits per heavy atom. The van der Waals surface area contributed by atoms with Crippen LogP contribution in [0.25, 0.3) is 22.0 Å². The molecule has 5 atom stereocenters. The first-order chi connectivity index (χ1) is 22.3. The smallest absolute Gasteiger partial charge is 0.319 e. The Kier molecular flexibility index (Phi) is 6.98. The van der Waals surface area contributed by atoms with E-state index >= 15 is 4.39 Å². The standard InChI is InChI=1S/C35H35F3N6O2/c1-20(36)33(45)44-13-12-42(18-24(44)8-10-39)32-27-7-6-26(25-5-2-4-21-14-22-15-28(22)29(21)25)30(38)31(27)40-34(41-32)46-19-35-9-3-11-43(35)17-23(37)16-35/h2,4-7,22-24,28H,1,3,8-9,11-19H2/t22?,23-,24+,28-,35+/m1/s1. The highest BCUT2D eigenvalue weighted by atomic mass is 19.1. The predicted octanol–water partition coefficient (Wildman–Crippen LogP) is 5.46. The van der Waals surface area contributed by atoms with E-state index in [1.165, 1.54) is 16.0 Å². The van der Waals surface area contributed by atoms with Crippen LogP contribution in [-0.4, -0.2) is 82.8 Å². The van der Waals surface area contributed by atoms with E-state index in [1.54, 1.807) is 6.07 Å². The minimum absolute atomic E-state index is 0.00453. The molecule has 0 spiro atoms. The van der Waals surface area contributed by atoms with E-state index in [4.69, 9.17) is 9.72 Å². The highest BCUT2D eigenvalue weighted by Gasteiger charge is 2.50. The molecule has 3 aliphatic heterocycles. The second-order valence-electron chi connectivity index (χ2n) is 13.6. The van der Waals surface area contributed by atoms with Crippen LogP contribution in [0, 0.1) is 23.1 Å². The summed E-state index contributed by atoms with van der Waals surface area (Å²) in [4.78, 5) is 27.3. The maximum Gasteiger partial charge on any atom is 0.319 e. The topological polar surface area (TPSA) is 85.6 Å². The zero-order chi connectivity index (χ0) is 31.7. The molecule has 8 nitrogen and oxygen atoms in total. The average molecular weight is 629 g/mol. The Morgan fingerprint density at radius 1 is 1.15 bits per heavy atom. The lowest BCUT2D eigenvalue weighted by molar-refractivity contribution is -0.131. The summed E-state index contributed by atoms with van der Waals surface area (Å²) in [6.45, 7) is 5.10. The van der Waals surface area contributed by atoms with Crippen LogP contribution < -0.4 is 9.64 Å². The van der Waals surface area contributed by atoms with Gasteiger partial charge in [-0.05, 0) is 66.8 Å². The SMILES string of the molecule is C=C(F)C(=O)N1CCN(c2nc(OC[C@@]34CCCN3C[C@H](F)C4)nc3c(F)c(-c4cccc5c4[C@@H]4CC4C5)ccc23)C[C@@H]1CC#N. The molecule has 238 valence electrons. The van der Waals surface area contributed by atoms with Gasteiger partial charge in [-0.25, -0.2) is 13.2 Å². The summed E-state index contributed by atoms with van der Waals surface area (Å²) in [5.74, 6) is -0.868. The quantitative estimate of drug-likeness (QED) is 0.321. The third-order valence-electron chi connectivity index (χ3n) is 10.9. The summed E-state index contributed by atoms with van der Waals surface area (Å²) in [6, 6.07) is 11.2. The number of benzene rings is 2. The highest BCUT2D eigenvalue weighted by molar-refractivity contribution is 5.95. The fourth-order valence-corrected chi connectivity index (χ4v) is 8.61. The van der Waals surface area contributed by atoms with Crippen molar-refractivity contribution in [2.75, 3.05) is 44.2 Å². The number of carbonyl (C=O) groups excluding carboxylic acids is 1. The van der Waals surface area contributed by atoms with Gasteiger partial charge < -0.3 is 14.5 Å². The van der Waals surface area contributed by atoms with Crippen LogP contribution in [0.4, 0.5) is 19.0 Å². The van der Waals surface area contributed by atoms with E-state index in [2.05, 4.69) is 28.6 Å². The van der Waals surface area contributed by atoms with Gasteiger partial charge in [-0.2, -0.15) is 15.2 Å². The van der Waals surface area contributed by atoms with Crippen LogP contribution in [0.2, 0.25) is 0 Å². The monoisotopic (exact) mass is 628 g/mol. The molecule has 46 heavy (non-hydrogen) atoms. The van der Waals surface area contributed by atoms with Crippen molar-refractivity contribution in [3.8, 4) is 23.2 Å². The highest BCUT2D eigenvalue weighted by Crippen LogP contribution is 2.59. The van der Waals surface area contributed by atoms with Gasteiger partial charge in [0.15, 0.2) is 11.6 Å². The fraction of sp³-hybridized carbons (Fsp3) is 0.486. The number of nitrogens with zero attached hydrogens (tertiary/aromatic N) is 6. The second-order valence-corrected chi connectivity index (χ2v) is 13.6. The van der Waals surface area contributed by atoms with Gasteiger partial charge in [-0.15, -0.1) is 0 Å². The molecule has 1 unspecified atom stereocenters. The molecule has 2 aromatic carbocycles. The lowest BCUT2D eigenvalue weighted by Gasteiger charge is -2.41. The Morgan fingerprint density at radius 2 is 2.02 bits per heavy atom. The first kappa shape index (κ1) is 29.2. The molecular formula is C35H35F3N6O2. The van der Waals surface area contributed by atoms with Crippen LogP contribution in [0.5, 0.6) is 6.01 Å². The molecule has 2 aliphatic carbocycles. The lowest BCUT2D eigenvalue weighted by atomic mass is 9.93. The summed E-state index contributed by atoms with van der Waals surface area (Å²) in [5, 5.41) is 9.98. The van der Waals surface area contributed by atoms with Crippen molar-refractivity contribution in [2.24, 2.45) is 5.92 Å². The minimum Gasteiger partial charge on any atom is -0.461 e. The normalized spacial score (nSPS) is 28.1. The third-order valence-corrected chi connectivity index (χ3v) is 10.9. The summed E-state index contributed by atoms with van der Waals surface area (Å²) in [5.41, 5.74) is 3.54. The number of alkyl halides is 1. The Labute approximate surface area is 265 Å². The van der Waals surface area contributed by atoms with Crippen LogP contribution in [0.1, 0.15) is 49.1 Å². The van der Waals surface area contributed by atoms with Gasteiger partial charge in [0.25, 0.3) is 5.91 Å². The van der Waals surface area contributed by atoms with E-state index in [1.807, 2.05) is 23.1 Å². The summed E-state index contributed by atoms with van der Waals surface area (Å²) >= 11 is 0. The van der Waals surface area contributed by atoms with E-state index in [9.17, 15) is 18.8 Å². The number of fused-ring (bicyclic) bond motifs is 5. The number of aromatic nitrogens is 2. The van der Waals surface area contributed by atoms with Crippen molar-refractivity contribution in [2.45, 2.75) is 62.2 Å². The molecule has 5 aliphatic rings. The maximum absolute atomic E-state index is 16.8. The van der Waals surface area contributed by atoms with Gasteiger partial charge in [-0.3, -0.25) is 9.69 Å². The molecule has 8 rings (SSSR count). The van der Waals surface area contributed by atoms with E-state index in [-0.39, 0.29) is 44.2 Å². The number of halogens is 3. The average Bonchev–Trinajstić information content (AvgIpc) is 3.37. The molecule has 3 saturated heterocycles. The lowest BCUT2D eigenvalue weighted by Crippen LogP contribution is -2.55. The van der Waals surface area contributed by atoms with Crippen LogP contribution >= 0.6 is 0 Å². The molecule has 0 N–H and O–H groups in total. The Bertz CT molecular complexity index is 1810. The molecule has 3 aromatic rings. The van der Waals surface area contributed by atoms with Crippen LogP contribution in [0.3, 0.4) is 0 Å². The number of hydrogen-bond acceptors (Lipinski definition) is 7. The molecule has 1 aromatic heterocycles. The van der Waals surface area contributed by atoms with Crippen LogP contribution in [-0.2, 0) is 11.2 Å². The van der Waals surface area contributed by atoms with Crippen molar-refractivity contribution < 1.29 is 22.7 Å². The number of rotatable bonds is 7. The zero-order valence-electron chi connectivity index (χ0n) is 25.5. The summed E-state index contributed by atoms with van der Waals surface area (Å²) < 4.78 is 51.4. The third kappa shape index (κ3) is 4.72. The molecule has 1 amide bonds. The predicted molar refractivity (Wildman–Crippen MR) is 166 cm³/mol. The number of ether oxygens (including phenoxy) is 1. The van der Waals surface area contributed by atoms with Gasteiger partial charge in [-0.1, -0.05) is 30.8 Å². The fourth-order valence-electron chi connectivity index (χ4n) is 8.61.